The minimum absolute atomic E-state index is 0.198. The standard InChI is InChI=1S/C24H35N7O6/c1-2-26-22(34)19-17(32)18(33)23(37-19)31-12-27-16-20(25)28-15(29-21(16)31)10-13-6-8-30(9-7-13)24(35)36-11-14-4-3-5-14/h12-14,17-19,23,32-33H,2-11H2,1H3,(H,26,34)(H2,25,28,29)/t17?,18?,19-,23+/m0/s1. The number of nitrogen functional groups attached to an aromatic ring is 1. The molecular weight excluding hydrogens is 482 g/mol. The molecule has 2 aromatic rings. The molecule has 2 unspecified atom stereocenters. The third kappa shape index (κ3) is 5.20. The van der Waals surface area contributed by atoms with Crippen molar-refractivity contribution in [3.05, 3.63) is 12.2 Å². The van der Waals surface area contributed by atoms with Gasteiger partial charge in [-0.05, 0) is 44.4 Å². The fourth-order valence-electron chi connectivity index (χ4n) is 5.16. The molecule has 13 nitrogen and oxygen atoms in total. The fraction of sp³-hybridized carbons (Fsp3) is 0.708. The molecule has 4 atom stereocenters. The number of anilines is 1. The number of aliphatic hydroxyl groups excluding tert-OH is 2. The van der Waals surface area contributed by atoms with Crippen LogP contribution in [0.5, 0.6) is 0 Å². The lowest BCUT2D eigenvalue weighted by Crippen LogP contribution is -2.42. The highest BCUT2D eigenvalue weighted by Crippen LogP contribution is 2.33. The van der Waals surface area contributed by atoms with Crippen LogP contribution in [0.2, 0.25) is 0 Å². The first kappa shape index (κ1) is 25.6. The summed E-state index contributed by atoms with van der Waals surface area (Å²) in [4.78, 5) is 39.7. The molecule has 3 aliphatic rings. The van der Waals surface area contributed by atoms with Gasteiger partial charge in [-0.1, -0.05) is 6.42 Å². The van der Waals surface area contributed by atoms with E-state index in [0.717, 1.165) is 25.7 Å². The number of carbonyl (C=O) groups excluding carboxylic acids is 2. The molecule has 0 aromatic carbocycles. The molecule has 202 valence electrons. The van der Waals surface area contributed by atoms with Gasteiger partial charge in [-0.2, -0.15) is 0 Å². The zero-order valence-corrected chi connectivity index (χ0v) is 21.0. The van der Waals surface area contributed by atoms with Crippen LogP contribution < -0.4 is 11.1 Å². The van der Waals surface area contributed by atoms with Gasteiger partial charge in [0, 0.05) is 26.1 Å². The summed E-state index contributed by atoms with van der Waals surface area (Å²) in [5.74, 6) is 0.996. The van der Waals surface area contributed by atoms with Crippen LogP contribution in [0.3, 0.4) is 0 Å². The second kappa shape index (κ2) is 10.8. The van der Waals surface area contributed by atoms with E-state index in [1.807, 2.05) is 0 Å². The largest absolute Gasteiger partial charge is 0.449 e. The Labute approximate surface area is 214 Å². The molecule has 1 saturated carbocycles. The van der Waals surface area contributed by atoms with Gasteiger partial charge in [0.05, 0.1) is 12.9 Å². The minimum Gasteiger partial charge on any atom is -0.449 e. The van der Waals surface area contributed by atoms with E-state index >= 15 is 0 Å². The van der Waals surface area contributed by atoms with E-state index in [0.29, 0.717) is 55.6 Å². The first-order valence-electron chi connectivity index (χ1n) is 13.1. The summed E-state index contributed by atoms with van der Waals surface area (Å²) < 4.78 is 12.7. The van der Waals surface area contributed by atoms with E-state index in [1.54, 1.807) is 11.8 Å². The highest BCUT2D eigenvalue weighted by atomic mass is 16.6. The Balaban J connectivity index is 1.24. The third-order valence-electron chi connectivity index (χ3n) is 7.63. The number of carbonyl (C=O) groups is 2. The number of amides is 2. The number of fused-ring (bicyclic) bond motifs is 1. The van der Waals surface area contributed by atoms with Crippen molar-refractivity contribution in [1.29, 1.82) is 0 Å². The summed E-state index contributed by atoms with van der Waals surface area (Å²) in [5.41, 5.74) is 6.87. The van der Waals surface area contributed by atoms with Crippen LogP contribution in [0.1, 0.15) is 51.1 Å². The average Bonchev–Trinajstić information content (AvgIpc) is 3.40. The van der Waals surface area contributed by atoms with Crippen LogP contribution in [0.4, 0.5) is 10.6 Å². The Bertz CT molecular complexity index is 1130. The SMILES string of the molecule is CCNC(=O)[C@H]1O[C@@H](n2cnc3c(N)nc(CC4CCN(C(=O)OCC5CCC5)CC4)nc32)C(O)C1O. The molecule has 0 radical (unpaired) electrons. The van der Waals surface area contributed by atoms with E-state index < -0.39 is 30.4 Å². The van der Waals surface area contributed by atoms with E-state index in [9.17, 15) is 19.8 Å². The Morgan fingerprint density at radius 1 is 1.16 bits per heavy atom. The van der Waals surface area contributed by atoms with Crippen LogP contribution >= 0.6 is 0 Å². The highest BCUT2D eigenvalue weighted by molar-refractivity contribution is 5.83. The van der Waals surface area contributed by atoms with Crippen LogP contribution in [0.25, 0.3) is 11.2 Å². The number of hydrogen-bond acceptors (Lipinski definition) is 10. The number of nitrogens with zero attached hydrogens (tertiary/aromatic N) is 5. The second-order valence-corrected chi connectivity index (χ2v) is 10.2. The Kier molecular flexibility index (Phi) is 7.45. The summed E-state index contributed by atoms with van der Waals surface area (Å²) in [6.45, 7) is 3.87. The van der Waals surface area contributed by atoms with Crippen molar-refractivity contribution in [2.75, 3.05) is 32.0 Å². The number of ether oxygens (including phenoxy) is 2. The van der Waals surface area contributed by atoms with Crippen LogP contribution in [0, 0.1) is 11.8 Å². The number of aromatic nitrogens is 4. The van der Waals surface area contributed by atoms with Crippen LogP contribution in [-0.4, -0.2) is 91.2 Å². The Morgan fingerprint density at radius 2 is 1.92 bits per heavy atom. The van der Waals surface area contributed by atoms with Gasteiger partial charge < -0.3 is 35.6 Å². The van der Waals surface area contributed by atoms with Crippen molar-refractivity contribution in [2.45, 2.75) is 70.0 Å². The van der Waals surface area contributed by atoms with Gasteiger partial charge >= 0.3 is 6.09 Å². The summed E-state index contributed by atoms with van der Waals surface area (Å²) >= 11 is 0. The lowest BCUT2D eigenvalue weighted by molar-refractivity contribution is -0.137. The molecule has 37 heavy (non-hydrogen) atoms. The van der Waals surface area contributed by atoms with Gasteiger partial charge in [0.2, 0.25) is 0 Å². The number of rotatable bonds is 7. The van der Waals surface area contributed by atoms with Crippen molar-refractivity contribution < 1.29 is 29.3 Å². The minimum atomic E-state index is -1.40. The lowest BCUT2D eigenvalue weighted by Gasteiger charge is -2.32. The number of nitrogens with one attached hydrogen (secondary N) is 1. The number of piperidine rings is 1. The van der Waals surface area contributed by atoms with Gasteiger partial charge in [0.25, 0.3) is 5.91 Å². The summed E-state index contributed by atoms with van der Waals surface area (Å²) in [5, 5.41) is 23.6. The average molecular weight is 518 g/mol. The predicted octanol–water partition coefficient (Wildman–Crippen LogP) is 0.355. The molecule has 2 aromatic heterocycles. The fourth-order valence-corrected chi connectivity index (χ4v) is 5.16. The molecule has 13 heteroatoms. The number of imidazole rings is 1. The molecule has 1 aliphatic carbocycles. The highest BCUT2D eigenvalue weighted by Gasteiger charge is 2.47. The zero-order valence-electron chi connectivity index (χ0n) is 21.0. The van der Waals surface area contributed by atoms with Gasteiger partial charge in [-0.3, -0.25) is 9.36 Å². The monoisotopic (exact) mass is 517 g/mol. The number of likely N-dealkylation sites (N-methyl/N-ethyl adjacent to an activating group) is 1. The van der Waals surface area contributed by atoms with Gasteiger partial charge in [0.15, 0.2) is 23.8 Å². The van der Waals surface area contributed by atoms with Gasteiger partial charge in [-0.25, -0.2) is 19.7 Å². The molecule has 3 fully saturated rings. The summed E-state index contributed by atoms with van der Waals surface area (Å²) in [6, 6.07) is 0. The number of likely N-dealkylation sites (tertiary alicyclic amines) is 1. The molecule has 2 saturated heterocycles. The summed E-state index contributed by atoms with van der Waals surface area (Å²) in [7, 11) is 0. The number of nitrogens with two attached hydrogens (primary N) is 1. The molecule has 0 bridgehead atoms. The maximum absolute atomic E-state index is 12.4. The molecule has 0 spiro atoms. The van der Waals surface area contributed by atoms with Crippen LogP contribution in [0.15, 0.2) is 6.33 Å². The van der Waals surface area contributed by atoms with Crippen molar-refractivity contribution in [3.63, 3.8) is 0 Å². The van der Waals surface area contributed by atoms with E-state index in [1.165, 1.54) is 17.3 Å². The molecule has 5 N–H and O–H groups in total. The maximum Gasteiger partial charge on any atom is 0.409 e. The van der Waals surface area contributed by atoms with Crippen LogP contribution in [-0.2, 0) is 20.7 Å². The number of hydrogen-bond donors (Lipinski definition) is 4. The quantitative estimate of drug-likeness (QED) is 0.401. The van der Waals surface area contributed by atoms with E-state index in [2.05, 4.69) is 20.3 Å². The Morgan fingerprint density at radius 3 is 2.59 bits per heavy atom. The van der Waals surface area contributed by atoms with Crippen molar-refractivity contribution in [3.8, 4) is 0 Å². The normalized spacial score (nSPS) is 26.8. The second-order valence-electron chi connectivity index (χ2n) is 10.2. The molecule has 4 heterocycles. The molecular formula is C24H35N7O6. The van der Waals surface area contributed by atoms with Gasteiger partial charge in [0.1, 0.15) is 23.5 Å². The van der Waals surface area contributed by atoms with E-state index in [4.69, 9.17) is 15.2 Å². The molecule has 2 amide bonds. The lowest BCUT2D eigenvalue weighted by atomic mass is 9.86. The smallest absolute Gasteiger partial charge is 0.409 e. The van der Waals surface area contributed by atoms with E-state index in [-0.39, 0.29) is 17.8 Å². The zero-order chi connectivity index (χ0) is 26.1. The molecule has 5 rings (SSSR count). The summed E-state index contributed by atoms with van der Waals surface area (Å²) in [6.07, 6.45) is 1.78. The Hall–Kier alpha value is -3.03. The molecule has 2 aliphatic heterocycles. The maximum atomic E-state index is 12.4. The first-order valence-corrected chi connectivity index (χ1v) is 13.1. The van der Waals surface area contributed by atoms with Crippen molar-refractivity contribution in [1.82, 2.24) is 29.7 Å². The first-order chi connectivity index (χ1) is 17.9. The van der Waals surface area contributed by atoms with Crippen molar-refractivity contribution >= 4 is 29.0 Å². The topological polar surface area (TPSA) is 178 Å². The predicted molar refractivity (Wildman–Crippen MR) is 131 cm³/mol. The van der Waals surface area contributed by atoms with Crippen molar-refractivity contribution in [2.24, 2.45) is 11.8 Å². The van der Waals surface area contributed by atoms with Gasteiger partial charge in [-0.15, -0.1) is 0 Å². The third-order valence-corrected chi connectivity index (χ3v) is 7.63. The number of aliphatic hydroxyl groups is 2.